The van der Waals surface area contributed by atoms with Crippen molar-refractivity contribution in [2.24, 2.45) is 7.05 Å². The summed E-state index contributed by atoms with van der Waals surface area (Å²) >= 11 is 5.80. The van der Waals surface area contributed by atoms with Crippen LogP contribution in [0.15, 0.2) is 24.3 Å². The van der Waals surface area contributed by atoms with Crippen LogP contribution >= 0.6 is 11.6 Å². The molecular formula is C16H15ClF3N3O2. The lowest BCUT2D eigenvalue weighted by Crippen LogP contribution is -2.45. The molecule has 0 saturated carbocycles. The van der Waals surface area contributed by atoms with Crippen molar-refractivity contribution >= 4 is 17.5 Å². The van der Waals surface area contributed by atoms with Crippen LogP contribution < -0.4 is 4.74 Å². The number of carbonyl (C=O) groups is 1. The van der Waals surface area contributed by atoms with Crippen LogP contribution in [0.25, 0.3) is 0 Å². The minimum atomic E-state index is -4.71. The molecule has 3 rings (SSSR count). The fourth-order valence-electron chi connectivity index (χ4n) is 2.87. The maximum absolute atomic E-state index is 12.9. The summed E-state index contributed by atoms with van der Waals surface area (Å²) in [4.78, 5) is 14.2. The second-order valence-electron chi connectivity index (χ2n) is 5.71. The predicted octanol–water partition coefficient (Wildman–Crippen LogP) is 3.69. The monoisotopic (exact) mass is 373 g/mol. The third kappa shape index (κ3) is 3.06. The van der Waals surface area contributed by atoms with Gasteiger partial charge >= 0.3 is 6.18 Å². The van der Waals surface area contributed by atoms with E-state index in [0.29, 0.717) is 18.7 Å². The van der Waals surface area contributed by atoms with E-state index in [2.05, 4.69) is 5.10 Å². The lowest BCUT2D eigenvalue weighted by Gasteiger charge is -2.41. The van der Waals surface area contributed by atoms with E-state index in [9.17, 15) is 18.0 Å². The summed E-state index contributed by atoms with van der Waals surface area (Å²) in [5.74, 6) is 0.0734. The van der Waals surface area contributed by atoms with E-state index in [4.69, 9.17) is 16.3 Å². The molecule has 0 spiro atoms. The van der Waals surface area contributed by atoms with Crippen LogP contribution in [0.4, 0.5) is 13.2 Å². The van der Waals surface area contributed by atoms with Crippen molar-refractivity contribution in [1.82, 2.24) is 14.7 Å². The third-order valence-corrected chi connectivity index (χ3v) is 4.58. The molecule has 1 atom stereocenters. The van der Waals surface area contributed by atoms with Gasteiger partial charge in [-0.05, 0) is 24.1 Å². The van der Waals surface area contributed by atoms with E-state index in [1.165, 1.54) is 19.1 Å². The Balaban J connectivity index is 1.90. The van der Waals surface area contributed by atoms with Gasteiger partial charge in [0.25, 0.3) is 5.91 Å². The van der Waals surface area contributed by atoms with Gasteiger partial charge in [-0.3, -0.25) is 9.48 Å². The first kappa shape index (κ1) is 17.6. The Hall–Kier alpha value is -2.22. The molecule has 1 unspecified atom stereocenters. The molecule has 1 aromatic heterocycles. The van der Waals surface area contributed by atoms with Crippen molar-refractivity contribution in [3.05, 3.63) is 46.2 Å². The van der Waals surface area contributed by atoms with Crippen LogP contribution in [0.1, 0.15) is 34.2 Å². The lowest BCUT2D eigenvalue weighted by molar-refractivity contribution is -0.141. The van der Waals surface area contributed by atoms with Crippen molar-refractivity contribution in [1.29, 1.82) is 0 Å². The summed E-state index contributed by atoms with van der Waals surface area (Å²) in [7, 11) is 2.81. The number of aryl methyl sites for hydroxylation is 1. The predicted molar refractivity (Wildman–Crippen MR) is 84.6 cm³/mol. The van der Waals surface area contributed by atoms with Gasteiger partial charge in [0.05, 0.1) is 13.2 Å². The average molecular weight is 374 g/mol. The van der Waals surface area contributed by atoms with E-state index < -0.39 is 22.8 Å². The standard InChI is InChI=1S/C16H15ClF3N3O2/c1-22-13(12(17)14(21-22)16(18,19)20)15(24)23-7-6-11(23)9-4-3-5-10(8-9)25-2/h3-5,8,11H,6-7H2,1-2H3. The minimum Gasteiger partial charge on any atom is -0.497 e. The van der Waals surface area contributed by atoms with E-state index in [0.717, 1.165) is 10.2 Å². The Bertz CT molecular complexity index is 819. The SMILES string of the molecule is COc1cccc(C2CCN2C(=O)c2c(Cl)c(C(F)(F)F)nn2C)c1. The Kier molecular flexibility index (Phi) is 4.40. The van der Waals surface area contributed by atoms with Gasteiger partial charge < -0.3 is 9.64 Å². The van der Waals surface area contributed by atoms with Crippen LogP contribution in [0.5, 0.6) is 5.75 Å². The molecule has 0 bridgehead atoms. The van der Waals surface area contributed by atoms with Gasteiger partial charge in [0.2, 0.25) is 0 Å². The molecule has 0 radical (unpaired) electrons. The van der Waals surface area contributed by atoms with Gasteiger partial charge in [-0.1, -0.05) is 23.7 Å². The Morgan fingerprint density at radius 2 is 2.12 bits per heavy atom. The number of rotatable bonds is 3. The quantitative estimate of drug-likeness (QED) is 0.824. The van der Waals surface area contributed by atoms with Gasteiger partial charge in [-0.25, -0.2) is 0 Å². The molecular weight excluding hydrogens is 359 g/mol. The van der Waals surface area contributed by atoms with Gasteiger partial charge in [-0.15, -0.1) is 0 Å². The molecule has 1 aliphatic heterocycles. The smallest absolute Gasteiger partial charge is 0.436 e. The molecule has 2 heterocycles. The Morgan fingerprint density at radius 1 is 1.40 bits per heavy atom. The van der Waals surface area contributed by atoms with Crippen LogP contribution in [-0.2, 0) is 13.2 Å². The molecule has 134 valence electrons. The molecule has 1 saturated heterocycles. The zero-order valence-corrected chi connectivity index (χ0v) is 14.2. The molecule has 1 amide bonds. The number of alkyl halides is 3. The molecule has 9 heteroatoms. The molecule has 0 aliphatic carbocycles. The lowest BCUT2D eigenvalue weighted by atomic mass is 9.94. The summed E-state index contributed by atoms with van der Waals surface area (Å²) in [6.45, 7) is 0.434. The Morgan fingerprint density at radius 3 is 2.64 bits per heavy atom. The third-order valence-electron chi connectivity index (χ3n) is 4.22. The summed E-state index contributed by atoms with van der Waals surface area (Å²) < 4.78 is 44.8. The van der Waals surface area contributed by atoms with Gasteiger partial charge in [-0.2, -0.15) is 18.3 Å². The van der Waals surface area contributed by atoms with Crippen molar-refractivity contribution < 1.29 is 22.7 Å². The first-order chi connectivity index (χ1) is 11.7. The number of likely N-dealkylation sites (tertiary alicyclic amines) is 1. The first-order valence-electron chi connectivity index (χ1n) is 7.48. The molecule has 1 aromatic carbocycles. The zero-order valence-electron chi connectivity index (χ0n) is 13.5. The highest BCUT2D eigenvalue weighted by Crippen LogP contribution is 2.39. The topological polar surface area (TPSA) is 47.4 Å². The number of aromatic nitrogens is 2. The first-order valence-corrected chi connectivity index (χ1v) is 7.86. The number of carbonyl (C=O) groups excluding carboxylic acids is 1. The summed E-state index contributed by atoms with van der Waals surface area (Å²) in [5, 5.41) is 2.69. The fraction of sp³-hybridized carbons (Fsp3) is 0.375. The van der Waals surface area contributed by atoms with Crippen LogP contribution in [-0.4, -0.2) is 34.2 Å². The van der Waals surface area contributed by atoms with Crippen molar-refractivity contribution in [2.75, 3.05) is 13.7 Å². The number of methoxy groups -OCH3 is 1. The maximum Gasteiger partial charge on any atom is 0.436 e. The highest BCUT2D eigenvalue weighted by molar-refractivity contribution is 6.34. The number of ether oxygens (including phenoxy) is 1. The van der Waals surface area contributed by atoms with E-state index >= 15 is 0 Å². The molecule has 0 N–H and O–H groups in total. The average Bonchev–Trinajstić information content (AvgIpc) is 2.81. The normalized spacial score (nSPS) is 17.4. The van der Waals surface area contributed by atoms with Gasteiger partial charge in [0.1, 0.15) is 16.5 Å². The van der Waals surface area contributed by atoms with E-state index in [-0.39, 0.29) is 11.7 Å². The van der Waals surface area contributed by atoms with Crippen LogP contribution in [0.3, 0.4) is 0 Å². The summed E-state index contributed by atoms with van der Waals surface area (Å²) in [6.07, 6.45) is -4.00. The largest absolute Gasteiger partial charge is 0.497 e. The van der Waals surface area contributed by atoms with Crippen LogP contribution in [0, 0.1) is 0 Å². The van der Waals surface area contributed by atoms with E-state index in [1.54, 1.807) is 18.2 Å². The maximum atomic E-state index is 12.9. The van der Waals surface area contributed by atoms with Gasteiger partial charge in [0.15, 0.2) is 5.69 Å². The molecule has 5 nitrogen and oxygen atoms in total. The fourth-order valence-corrected chi connectivity index (χ4v) is 3.22. The number of amides is 1. The molecule has 1 fully saturated rings. The number of halogens is 4. The van der Waals surface area contributed by atoms with Gasteiger partial charge in [0, 0.05) is 13.6 Å². The summed E-state index contributed by atoms with van der Waals surface area (Å²) in [5.41, 5.74) is -0.659. The van der Waals surface area contributed by atoms with Crippen molar-refractivity contribution in [3.8, 4) is 5.75 Å². The highest BCUT2D eigenvalue weighted by atomic mass is 35.5. The molecule has 25 heavy (non-hydrogen) atoms. The minimum absolute atomic E-state index is 0.233. The molecule has 1 aliphatic rings. The number of hydrogen-bond acceptors (Lipinski definition) is 3. The second-order valence-corrected chi connectivity index (χ2v) is 6.09. The number of hydrogen-bond donors (Lipinski definition) is 0. The number of nitrogens with zero attached hydrogens (tertiary/aromatic N) is 3. The molecule has 2 aromatic rings. The van der Waals surface area contributed by atoms with E-state index in [1.807, 2.05) is 6.07 Å². The van der Waals surface area contributed by atoms with Crippen molar-refractivity contribution in [2.45, 2.75) is 18.6 Å². The second kappa shape index (κ2) is 6.25. The Labute approximate surface area is 146 Å². The van der Waals surface area contributed by atoms with Crippen LogP contribution in [0.2, 0.25) is 5.02 Å². The summed E-state index contributed by atoms with van der Waals surface area (Å²) in [6, 6.07) is 6.99. The van der Waals surface area contributed by atoms with Crippen molar-refractivity contribution in [3.63, 3.8) is 0 Å². The zero-order chi connectivity index (χ0) is 18.4. The number of benzene rings is 1. The highest BCUT2D eigenvalue weighted by Gasteiger charge is 2.42.